The lowest BCUT2D eigenvalue weighted by Gasteiger charge is -2.35. The summed E-state index contributed by atoms with van der Waals surface area (Å²) in [6.07, 6.45) is 8.65. The monoisotopic (exact) mass is 452 g/mol. The summed E-state index contributed by atoms with van der Waals surface area (Å²) in [5.74, 6) is 1.13. The first kappa shape index (κ1) is 23.6. The van der Waals surface area contributed by atoms with Crippen molar-refractivity contribution < 1.29 is 0 Å². The van der Waals surface area contributed by atoms with Crippen molar-refractivity contribution >= 4 is 33.8 Å². The van der Waals surface area contributed by atoms with Gasteiger partial charge in [-0.1, -0.05) is 31.6 Å². The van der Waals surface area contributed by atoms with Crippen molar-refractivity contribution in [2.75, 3.05) is 57.3 Å². The van der Waals surface area contributed by atoms with Crippen LogP contribution in [0.1, 0.15) is 56.6 Å². The van der Waals surface area contributed by atoms with Crippen LogP contribution in [0.15, 0.2) is 24.3 Å². The molecular formula is C27H40N4S. The second kappa shape index (κ2) is 11.5. The van der Waals surface area contributed by atoms with E-state index in [2.05, 4.69) is 52.8 Å². The summed E-state index contributed by atoms with van der Waals surface area (Å²) < 4.78 is 0. The lowest BCUT2D eigenvalue weighted by atomic mass is 10.0. The normalized spacial score (nSPS) is 18.4. The molecule has 0 bridgehead atoms. The van der Waals surface area contributed by atoms with Crippen molar-refractivity contribution in [3.05, 3.63) is 35.4 Å². The van der Waals surface area contributed by atoms with Crippen LogP contribution in [-0.4, -0.2) is 72.0 Å². The second-order valence-electron chi connectivity index (χ2n) is 9.65. The Morgan fingerprint density at radius 1 is 0.938 bits per heavy atom. The molecule has 5 heteroatoms. The van der Waals surface area contributed by atoms with Gasteiger partial charge in [0.25, 0.3) is 0 Å². The van der Waals surface area contributed by atoms with Gasteiger partial charge in [0.15, 0.2) is 0 Å². The van der Waals surface area contributed by atoms with Gasteiger partial charge in [-0.15, -0.1) is 0 Å². The Bertz CT molecular complexity index is 898. The topological polar surface area (TPSA) is 22.6 Å². The first-order valence-electron chi connectivity index (χ1n) is 12.7. The Morgan fingerprint density at radius 2 is 1.72 bits per heavy atom. The summed E-state index contributed by atoms with van der Waals surface area (Å²) in [6, 6.07) is 9.01. The van der Waals surface area contributed by atoms with E-state index in [9.17, 15) is 0 Å². The Balaban J connectivity index is 1.31. The molecule has 4 nitrogen and oxygen atoms in total. The number of rotatable bonds is 9. The van der Waals surface area contributed by atoms with Gasteiger partial charge in [0.1, 0.15) is 5.82 Å². The first-order chi connectivity index (χ1) is 15.6. The SMILES string of the molecule is CCN1CCN(c2cc(C)c3cc(CC(=S)CCCCN4CCCCC4)ccc3n2)CC1. The van der Waals surface area contributed by atoms with Crippen molar-refractivity contribution in [2.24, 2.45) is 0 Å². The Hall–Kier alpha value is -1.56. The highest BCUT2D eigenvalue weighted by molar-refractivity contribution is 7.80. The highest BCUT2D eigenvalue weighted by Crippen LogP contribution is 2.25. The fourth-order valence-electron chi connectivity index (χ4n) is 5.15. The van der Waals surface area contributed by atoms with Gasteiger partial charge in [-0.25, -0.2) is 4.98 Å². The summed E-state index contributed by atoms with van der Waals surface area (Å²) in [5, 5.41) is 1.27. The van der Waals surface area contributed by atoms with Crippen LogP contribution in [0.3, 0.4) is 0 Å². The van der Waals surface area contributed by atoms with Gasteiger partial charge in [0.2, 0.25) is 0 Å². The van der Waals surface area contributed by atoms with Gasteiger partial charge < -0.3 is 14.7 Å². The Morgan fingerprint density at radius 3 is 2.47 bits per heavy atom. The second-order valence-corrected chi connectivity index (χ2v) is 10.2. The zero-order valence-corrected chi connectivity index (χ0v) is 20.9. The standard InChI is InChI=1S/C27H40N4S/c1-3-29-15-17-31(18-16-29)27-19-22(2)25-21-23(10-11-26(25)28-27)20-24(32)9-5-8-14-30-12-6-4-7-13-30/h10-11,19,21H,3-9,12-18,20H2,1-2H3. The number of likely N-dealkylation sites (N-methyl/N-ethyl adjacent to an activating group) is 1. The average molecular weight is 453 g/mol. The van der Waals surface area contributed by atoms with Crippen molar-refractivity contribution in [3.63, 3.8) is 0 Å². The maximum absolute atomic E-state index is 5.75. The van der Waals surface area contributed by atoms with Crippen LogP contribution in [-0.2, 0) is 6.42 Å². The van der Waals surface area contributed by atoms with E-state index in [-0.39, 0.29) is 0 Å². The number of benzene rings is 1. The molecule has 2 fully saturated rings. The summed E-state index contributed by atoms with van der Waals surface area (Å²) in [7, 11) is 0. The van der Waals surface area contributed by atoms with Gasteiger partial charge >= 0.3 is 0 Å². The molecule has 0 amide bonds. The minimum atomic E-state index is 0.912. The van der Waals surface area contributed by atoms with Gasteiger partial charge in [-0.05, 0) is 99.4 Å². The fraction of sp³-hybridized carbons (Fsp3) is 0.630. The van der Waals surface area contributed by atoms with E-state index in [1.54, 1.807) is 0 Å². The van der Waals surface area contributed by atoms with Crippen LogP contribution >= 0.6 is 12.2 Å². The summed E-state index contributed by atoms with van der Waals surface area (Å²) in [5.41, 5.74) is 3.75. The molecule has 0 radical (unpaired) electrons. The van der Waals surface area contributed by atoms with Crippen LogP contribution in [0, 0.1) is 6.92 Å². The maximum Gasteiger partial charge on any atom is 0.129 e. The van der Waals surface area contributed by atoms with E-state index in [1.165, 1.54) is 73.1 Å². The molecule has 3 heterocycles. The minimum Gasteiger partial charge on any atom is -0.354 e. The van der Waals surface area contributed by atoms with Crippen LogP contribution in [0.25, 0.3) is 10.9 Å². The minimum absolute atomic E-state index is 0.912. The van der Waals surface area contributed by atoms with Gasteiger partial charge in [0.05, 0.1) is 5.52 Å². The highest BCUT2D eigenvalue weighted by Gasteiger charge is 2.18. The molecular weight excluding hydrogens is 412 g/mol. The largest absolute Gasteiger partial charge is 0.354 e. The number of aromatic nitrogens is 1. The van der Waals surface area contributed by atoms with E-state index >= 15 is 0 Å². The molecule has 32 heavy (non-hydrogen) atoms. The number of hydrogen-bond donors (Lipinski definition) is 0. The number of pyridine rings is 1. The maximum atomic E-state index is 5.75. The molecule has 0 N–H and O–H groups in total. The third-order valence-corrected chi connectivity index (χ3v) is 7.59. The molecule has 174 valence electrons. The molecule has 0 aliphatic carbocycles. The van der Waals surface area contributed by atoms with Crippen molar-refractivity contribution in [1.29, 1.82) is 0 Å². The van der Waals surface area contributed by atoms with Crippen LogP contribution in [0.4, 0.5) is 5.82 Å². The summed E-state index contributed by atoms with van der Waals surface area (Å²) in [4.78, 5) is 13.8. The van der Waals surface area contributed by atoms with E-state index in [1.807, 2.05) is 0 Å². The predicted octanol–water partition coefficient (Wildman–Crippen LogP) is 5.25. The van der Waals surface area contributed by atoms with Crippen molar-refractivity contribution in [3.8, 4) is 0 Å². The van der Waals surface area contributed by atoms with Gasteiger partial charge in [0, 0.05) is 38.0 Å². The number of thiocarbonyl (C=S) groups is 1. The molecule has 2 aromatic rings. The number of unbranched alkanes of at least 4 members (excludes halogenated alkanes) is 1. The number of piperazine rings is 1. The lowest BCUT2D eigenvalue weighted by molar-refractivity contribution is 0.225. The number of fused-ring (bicyclic) bond motifs is 1. The Labute approximate surface area is 200 Å². The molecule has 0 spiro atoms. The number of likely N-dealkylation sites (tertiary alicyclic amines) is 1. The third kappa shape index (κ3) is 6.27. The lowest BCUT2D eigenvalue weighted by Crippen LogP contribution is -2.46. The molecule has 1 aromatic heterocycles. The number of anilines is 1. The van der Waals surface area contributed by atoms with Crippen molar-refractivity contribution in [1.82, 2.24) is 14.8 Å². The first-order valence-corrected chi connectivity index (χ1v) is 13.1. The molecule has 1 aromatic carbocycles. The molecule has 4 rings (SSSR count). The average Bonchev–Trinajstić information content (AvgIpc) is 2.83. The van der Waals surface area contributed by atoms with Crippen molar-refractivity contribution in [2.45, 2.75) is 58.8 Å². The summed E-state index contributed by atoms with van der Waals surface area (Å²) in [6.45, 7) is 13.8. The third-order valence-electron chi connectivity index (χ3n) is 7.24. The number of nitrogens with zero attached hydrogens (tertiary/aromatic N) is 4. The smallest absolute Gasteiger partial charge is 0.129 e. The van der Waals surface area contributed by atoms with Gasteiger partial charge in [-0.3, -0.25) is 0 Å². The number of aryl methyl sites for hydroxylation is 1. The molecule has 2 saturated heterocycles. The number of piperidine rings is 1. The quantitative estimate of drug-likeness (QED) is 0.382. The Kier molecular flexibility index (Phi) is 8.50. The molecule has 0 unspecified atom stereocenters. The molecule has 0 atom stereocenters. The molecule has 2 aliphatic rings. The molecule has 2 aliphatic heterocycles. The summed E-state index contributed by atoms with van der Waals surface area (Å²) >= 11 is 5.75. The molecule has 0 saturated carbocycles. The fourth-order valence-corrected chi connectivity index (χ4v) is 5.46. The zero-order chi connectivity index (χ0) is 22.3. The number of hydrogen-bond acceptors (Lipinski definition) is 5. The van der Waals surface area contributed by atoms with Crippen LogP contribution < -0.4 is 4.90 Å². The van der Waals surface area contributed by atoms with E-state index in [4.69, 9.17) is 17.2 Å². The van der Waals surface area contributed by atoms with E-state index < -0.39 is 0 Å². The van der Waals surface area contributed by atoms with Gasteiger partial charge in [-0.2, -0.15) is 0 Å². The highest BCUT2D eigenvalue weighted by atomic mass is 32.1. The van der Waals surface area contributed by atoms with E-state index in [0.717, 1.165) is 56.9 Å². The van der Waals surface area contributed by atoms with Crippen LogP contribution in [0.2, 0.25) is 0 Å². The zero-order valence-electron chi connectivity index (χ0n) is 20.1. The van der Waals surface area contributed by atoms with Crippen LogP contribution in [0.5, 0.6) is 0 Å². The predicted molar refractivity (Wildman–Crippen MR) is 141 cm³/mol. The van der Waals surface area contributed by atoms with E-state index in [0.29, 0.717) is 0 Å².